The predicted molar refractivity (Wildman–Crippen MR) is 121 cm³/mol. The molecule has 12 heteroatoms. The fraction of sp³-hybridized carbons (Fsp3) is 0.273. The topological polar surface area (TPSA) is 174 Å². The second-order valence-corrected chi connectivity index (χ2v) is 6.69. The van der Waals surface area contributed by atoms with Crippen LogP contribution in [-0.2, 0) is 19.2 Å². The van der Waals surface area contributed by atoms with E-state index < -0.39 is 23.9 Å². The molecule has 0 spiro atoms. The molecular formula is C22H26N2O10. The minimum Gasteiger partial charge on any atom is -0.497 e. The molecule has 0 saturated heterocycles. The highest BCUT2D eigenvalue weighted by Crippen LogP contribution is 2.21. The summed E-state index contributed by atoms with van der Waals surface area (Å²) in [6, 6.07) is 13.1. The molecule has 0 aliphatic rings. The zero-order valence-electron chi connectivity index (χ0n) is 18.6. The number of aliphatic carboxylic acids is 4. The highest BCUT2D eigenvalue weighted by Gasteiger charge is 2.15. The van der Waals surface area contributed by atoms with E-state index in [2.05, 4.69) is 0 Å². The third-order valence-electron chi connectivity index (χ3n) is 4.16. The lowest BCUT2D eigenvalue weighted by Crippen LogP contribution is -2.34. The Labute approximate surface area is 195 Å². The lowest BCUT2D eigenvalue weighted by molar-refractivity contribution is -0.138. The molecule has 0 fully saturated rings. The summed E-state index contributed by atoms with van der Waals surface area (Å²) < 4.78 is 9.95. The molecule has 0 bridgehead atoms. The summed E-state index contributed by atoms with van der Waals surface area (Å²) >= 11 is 0. The molecule has 0 heterocycles. The molecule has 0 unspecified atom stereocenters. The van der Waals surface area contributed by atoms with Gasteiger partial charge in [-0.05, 0) is 36.4 Å². The first-order valence-electron chi connectivity index (χ1n) is 9.70. The van der Waals surface area contributed by atoms with E-state index in [-0.39, 0.29) is 26.2 Å². The minimum absolute atomic E-state index is 0.362. The molecule has 12 nitrogen and oxygen atoms in total. The van der Waals surface area contributed by atoms with Crippen LogP contribution >= 0.6 is 0 Å². The van der Waals surface area contributed by atoms with Crippen molar-refractivity contribution in [2.75, 3.05) is 50.2 Å². The molecule has 2 aromatic rings. The quantitative estimate of drug-likeness (QED) is 0.345. The van der Waals surface area contributed by atoms with Gasteiger partial charge in [0, 0.05) is 17.4 Å². The van der Waals surface area contributed by atoms with E-state index in [1.165, 1.54) is 24.0 Å². The normalized spacial score (nSPS) is 9.71. The van der Waals surface area contributed by atoms with Gasteiger partial charge in [0.15, 0.2) is 0 Å². The van der Waals surface area contributed by atoms with Gasteiger partial charge in [-0.1, -0.05) is 6.07 Å². The van der Waals surface area contributed by atoms with E-state index in [1.807, 2.05) is 0 Å². The summed E-state index contributed by atoms with van der Waals surface area (Å²) in [6.07, 6.45) is 0. The van der Waals surface area contributed by atoms with Crippen LogP contribution in [0.15, 0.2) is 48.5 Å². The molecule has 0 aromatic heterocycles. The molecule has 0 aliphatic heterocycles. The summed E-state index contributed by atoms with van der Waals surface area (Å²) in [5.41, 5.74) is 1.02. The molecule has 4 N–H and O–H groups in total. The summed E-state index contributed by atoms with van der Waals surface area (Å²) in [7, 11) is 3.00. The first kappa shape index (κ1) is 27.6. The zero-order chi connectivity index (χ0) is 25.7. The highest BCUT2D eigenvalue weighted by atomic mass is 16.5. The molecule has 2 aromatic carbocycles. The molecule has 0 saturated carbocycles. The van der Waals surface area contributed by atoms with Crippen LogP contribution in [0.4, 0.5) is 11.4 Å². The Balaban J connectivity index is 0.000000340. The van der Waals surface area contributed by atoms with E-state index >= 15 is 0 Å². The van der Waals surface area contributed by atoms with Crippen molar-refractivity contribution >= 4 is 35.3 Å². The van der Waals surface area contributed by atoms with Crippen molar-refractivity contribution < 1.29 is 49.1 Å². The Hall–Kier alpha value is -4.48. The SMILES string of the molecule is COc1ccc(N(CC(=O)O)CC(=O)O)cc1.COc1cccc(N(CC(=O)O)CC(=O)O)c1. The third-order valence-corrected chi connectivity index (χ3v) is 4.16. The molecule has 34 heavy (non-hydrogen) atoms. The molecule has 184 valence electrons. The van der Waals surface area contributed by atoms with E-state index in [1.54, 1.807) is 48.5 Å². The lowest BCUT2D eigenvalue weighted by atomic mass is 10.2. The maximum Gasteiger partial charge on any atom is 0.323 e. The number of nitrogens with zero attached hydrogens (tertiary/aromatic N) is 2. The Morgan fingerprint density at radius 2 is 1.03 bits per heavy atom. The average molecular weight is 478 g/mol. The van der Waals surface area contributed by atoms with Crippen molar-refractivity contribution in [3.63, 3.8) is 0 Å². The summed E-state index contributed by atoms with van der Waals surface area (Å²) in [4.78, 5) is 45.1. The van der Waals surface area contributed by atoms with Gasteiger partial charge in [-0.2, -0.15) is 0 Å². The van der Waals surface area contributed by atoms with E-state index in [0.29, 0.717) is 22.9 Å². The number of hydrogen-bond donors (Lipinski definition) is 4. The Kier molecular flexibility index (Phi) is 11.2. The fourth-order valence-electron chi connectivity index (χ4n) is 2.73. The lowest BCUT2D eigenvalue weighted by Gasteiger charge is -2.20. The van der Waals surface area contributed by atoms with E-state index in [9.17, 15) is 19.2 Å². The third kappa shape index (κ3) is 10.2. The van der Waals surface area contributed by atoms with Crippen LogP contribution in [-0.4, -0.2) is 84.7 Å². The Bertz CT molecular complexity index is 946. The van der Waals surface area contributed by atoms with Crippen LogP contribution in [0.3, 0.4) is 0 Å². The molecule has 0 atom stereocenters. The number of methoxy groups -OCH3 is 2. The van der Waals surface area contributed by atoms with Gasteiger partial charge in [0.1, 0.15) is 37.7 Å². The van der Waals surface area contributed by atoms with Crippen LogP contribution in [0.2, 0.25) is 0 Å². The van der Waals surface area contributed by atoms with Crippen LogP contribution in [0.1, 0.15) is 0 Å². The van der Waals surface area contributed by atoms with Gasteiger partial charge in [-0.3, -0.25) is 19.2 Å². The van der Waals surface area contributed by atoms with Gasteiger partial charge in [0.25, 0.3) is 0 Å². The molecule has 0 aliphatic carbocycles. The number of carboxylic acids is 4. The second kappa shape index (κ2) is 13.8. The monoisotopic (exact) mass is 478 g/mol. The van der Waals surface area contributed by atoms with Gasteiger partial charge < -0.3 is 39.7 Å². The number of hydrogen-bond acceptors (Lipinski definition) is 8. The largest absolute Gasteiger partial charge is 0.497 e. The maximum absolute atomic E-state index is 10.7. The van der Waals surface area contributed by atoms with Gasteiger partial charge >= 0.3 is 23.9 Å². The molecule has 0 amide bonds. The number of rotatable bonds is 12. The zero-order valence-corrected chi connectivity index (χ0v) is 18.6. The molecule has 2 rings (SSSR count). The Morgan fingerprint density at radius 1 is 0.618 bits per heavy atom. The highest BCUT2D eigenvalue weighted by molar-refractivity contribution is 5.80. The Morgan fingerprint density at radius 3 is 1.41 bits per heavy atom. The van der Waals surface area contributed by atoms with Crippen molar-refractivity contribution in [1.82, 2.24) is 0 Å². The van der Waals surface area contributed by atoms with Gasteiger partial charge in [-0.25, -0.2) is 0 Å². The number of carboxylic acid groups (broad SMARTS) is 4. The number of carbonyl (C=O) groups is 4. The molecular weight excluding hydrogens is 452 g/mol. The van der Waals surface area contributed by atoms with Crippen molar-refractivity contribution in [1.29, 1.82) is 0 Å². The smallest absolute Gasteiger partial charge is 0.323 e. The van der Waals surface area contributed by atoms with Crippen LogP contribution in [0, 0.1) is 0 Å². The first-order chi connectivity index (χ1) is 16.0. The van der Waals surface area contributed by atoms with Crippen molar-refractivity contribution in [3.8, 4) is 11.5 Å². The van der Waals surface area contributed by atoms with Crippen LogP contribution in [0.25, 0.3) is 0 Å². The number of benzene rings is 2. The average Bonchev–Trinajstić information content (AvgIpc) is 2.77. The van der Waals surface area contributed by atoms with Gasteiger partial charge in [0.2, 0.25) is 0 Å². The van der Waals surface area contributed by atoms with E-state index in [4.69, 9.17) is 29.9 Å². The van der Waals surface area contributed by atoms with Crippen molar-refractivity contribution in [3.05, 3.63) is 48.5 Å². The number of ether oxygens (including phenoxy) is 2. The maximum atomic E-state index is 10.7. The number of anilines is 2. The standard InChI is InChI=1S/2C11H13NO5/c1-17-9-4-2-8(3-5-9)12(6-10(13)14)7-11(15)16;1-17-9-4-2-3-8(5-9)12(6-10(13)14)7-11(15)16/h2*2-5H,6-7H2,1H3,(H,13,14)(H,15,16). The van der Waals surface area contributed by atoms with E-state index in [0.717, 1.165) is 0 Å². The summed E-state index contributed by atoms with van der Waals surface area (Å²) in [6.45, 7) is -1.48. The van der Waals surface area contributed by atoms with Gasteiger partial charge in [0.05, 0.1) is 14.2 Å². The first-order valence-corrected chi connectivity index (χ1v) is 9.70. The summed E-state index contributed by atoms with van der Waals surface area (Å²) in [5.74, 6) is -3.17. The van der Waals surface area contributed by atoms with Crippen LogP contribution in [0.5, 0.6) is 11.5 Å². The predicted octanol–water partition coefficient (Wildman–Crippen LogP) is 1.34. The van der Waals surface area contributed by atoms with Crippen LogP contribution < -0.4 is 19.3 Å². The van der Waals surface area contributed by atoms with Crippen molar-refractivity contribution in [2.45, 2.75) is 0 Å². The molecule has 0 radical (unpaired) electrons. The van der Waals surface area contributed by atoms with Gasteiger partial charge in [-0.15, -0.1) is 0 Å². The second-order valence-electron chi connectivity index (χ2n) is 6.69. The van der Waals surface area contributed by atoms with Crippen molar-refractivity contribution in [2.24, 2.45) is 0 Å². The summed E-state index contributed by atoms with van der Waals surface area (Å²) in [5, 5.41) is 34.8. The minimum atomic E-state index is -1.09. The fourth-order valence-corrected chi connectivity index (χ4v) is 2.73.